The molecule has 0 radical (unpaired) electrons. The molecule has 2 aliphatic rings. The molecule has 0 heterocycles. The van der Waals surface area contributed by atoms with E-state index in [1.54, 1.807) is 42.3 Å². The van der Waals surface area contributed by atoms with E-state index in [1.165, 1.54) is 17.2 Å². The third kappa shape index (κ3) is 3.32. The van der Waals surface area contributed by atoms with Gasteiger partial charge in [0.1, 0.15) is 0 Å². The minimum absolute atomic E-state index is 0. The Labute approximate surface area is 194 Å². The van der Waals surface area contributed by atoms with Crippen molar-refractivity contribution in [3.8, 4) is 0 Å². The molecule has 0 spiro atoms. The summed E-state index contributed by atoms with van der Waals surface area (Å²) in [6.07, 6.45) is 2.40. The predicted molar refractivity (Wildman–Crippen MR) is 110 cm³/mol. The molecule has 0 aliphatic heterocycles. The molecule has 0 atom stereocenters. The predicted octanol–water partition coefficient (Wildman–Crippen LogP) is 1.47. The monoisotopic (exact) mass is 488 g/mol. The summed E-state index contributed by atoms with van der Waals surface area (Å²) < 4.78 is 2.13. The Bertz CT molecular complexity index is 1000. The molecule has 3 heteroatoms. The van der Waals surface area contributed by atoms with Gasteiger partial charge >= 0.3 is 170 Å². The van der Waals surface area contributed by atoms with Crippen LogP contribution in [-0.4, -0.2) is 0 Å². The van der Waals surface area contributed by atoms with E-state index in [2.05, 4.69) is 77.9 Å². The topological polar surface area (TPSA) is 0 Å². The molecule has 0 saturated carbocycles. The Morgan fingerprint density at radius 1 is 0.857 bits per heavy atom. The zero-order chi connectivity index (χ0) is 18.6. The molecule has 2 aromatic rings. The van der Waals surface area contributed by atoms with Crippen molar-refractivity contribution >= 4 is 14.1 Å². The maximum absolute atomic E-state index is 2.41. The van der Waals surface area contributed by atoms with E-state index in [0.29, 0.717) is 3.12 Å². The average molecular weight is 491 g/mol. The maximum Gasteiger partial charge on any atom is -1.00 e. The molecule has 2 aromatic carbocycles. The first-order chi connectivity index (χ1) is 12.4. The molecule has 0 N–H and O–H groups in total. The maximum atomic E-state index is 2.41. The average Bonchev–Trinajstić information content (AvgIpc) is 3.05. The summed E-state index contributed by atoms with van der Waals surface area (Å²) >= 11 is -0.845. The fourth-order valence-corrected chi connectivity index (χ4v) is 10.1. The first kappa shape index (κ1) is 23.7. The summed E-state index contributed by atoms with van der Waals surface area (Å²) in [7, 11) is 0. The summed E-state index contributed by atoms with van der Waals surface area (Å²) in [5, 5.41) is 2.86. The molecule has 0 aromatic heterocycles. The van der Waals surface area contributed by atoms with Crippen LogP contribution in [0.5, 0.6) is 0 Å². The van der Waals surface area contributed by atoms with Crippen molar-refractivity contribution in [3.63, 3.8) is 0 Å². The van der Waals surface area contributed by atoms with Crippen molar-refractivity contribution in [2.45, 2.75) is 57.5 Å². The second-order valence-electron chi connectivity index (χ2n) is 8.04. The molecule has 0 nitrogen and oxygen atoms in total. The molecule has 28 heavy (non-hydrogen) atoms. The van der Waals surface area contributed by atoms with Crippen LogP contribution in [0.3, 0.4) is 0 Å². The van der Waals surface area contributed by atoms with Crippen LogP contribution >= 0.6 is 0 Å². The number of rotatable bonds is 3. The molecule has 4 rings (SSSR count). The zero-order valence-corrected chi connectivity index (χ0v) is 21.6. The van der Waals surface area contributed by atoms with E-state index in [4.69, 9.17) is 0 Å². The van der Waals surface area contributed by atoms with E-state index in [-0.39, 0.29) is 24.8 Å². The smallest absolute Gasteiger partial charge is 1.00 e. The SMILES string of the molecule is CC[C]1([Zr+2][C]2=C(C)Cc3ccc4ccccc4c32)C(C)=C(C)C(C)=C1C.[Cl-].[Cl-]. The Morgan fingerprint density at radius 3 is 2.07 bits per heavy atom. The van der Waals surface area contributed by atoms with Gasteiger partial charge in [-0.15, -0.1) is 0 Å². The van der Waals surface area contributed by atoms with Gasteiger partial charge < -0.3 is 24.8 Å². The van der Waals surface area contributed by atoms with E-state index in [1.807, 2.05) is 0 Å². The number of hydrogen-bond acceptors (Lipinski definition) is 0. The molecular weight excluding hydrogens is 462 g/mol. The first-order valence-corrected chi connectivity index (χ1v) is 12.2. The van der Waals surface area contributed by atoms with Gasteiger partial charge in [0.15, 0.2) is 0 Å². The second kappa shape index (κ2) is 8.63. The van der Waals surface area contributed by atoms with Crippen molar-refractivity contribution < 1.29 is 48.0 Å². The van der Waals surface area contributed by atoms with Crippen LogP contribution in [0.2, 0.25) is 3.12 Å². The van der Waals surface area contributed by atoms with Gasteiger partial charge in [-0.05, 0) is 0 Å². The van der Waals surface area contributed by atoms with Crippen molar-refractivity contribution in [2.24, 2.45) is 0 Å². The van der Waals surface area contributed by atoms with E-state index < -0.39 is 23.2 Å². The van der Waals surface area contributed by atoms with Crippen molar-refractivity contribution in [3.05, 3.63) is 75.4 Å². The molecular formula is C25H28Cl2Zr. The van der Waals surface area contributed by atoms with Crippen LogP contribution < -0.4 is 24.8 Å². The largest absolute Gasteiger partial charge is 1.00 e. The molecule has 0 fully saturated rings. The van der Waals surface area contributed by atoms with Crippen LogP contribution in [0.4, 0.5) is 0 Å². The summed E-state index contributed by atoms with van der Waals surface area (Å²) in [4.78, 5) is 0. The van der Waals surface area contributed by atoms with Gasteiger partial charge in [0.25, 0.3) is 0 Å². The molecule has 0 bridgehead atoms. The summed E-state index contributed by atoms with van der Waals surface area (Å²) in [5.41, 5.74) is 11.2. The summed E-state index contributed by atoms with van der Waals surface area (Å²) in [5.74, 6) is 0. The van der Waals surface area contributed by atoms with Crippen LogP contribution in [0.25, 0.3) is 14.1 Å². The molecule has 2 aliphatic carbocycles. The fourth-order valence-electron chi connectivity index (χ4n) is 5.02. The van der Waals surface area contributed by atoms with E-state index >= 15 is 0 Å². The van der Waals surface area contributed by atoms with Gasteiger partial charge in [-0.1, -0.05) is 0 Å². The van der Waals surface area contributed by atoms with Gasteiger partial charge in [-0.25, -0.2) is 0 Å². The summed E-state index contributed by atoms with van der Waals surface area (Å²) in [6.45, 7) is 14.3. The third-order valence-corrected chi connectivity index (χ3v) is 13.0. The van der Waals surface area contributed by atoms with Crippen molar-refractivity contribution in [1.82, 2.24) is 0 Å². The Morgan fingerprint density at radius 2 is 1.46 bits per heavy atom. The van der Waals surface area contributed by atoms with Crippen molar-refractivity contribution in [2.75, 3.05) is 0 Å². The zero-order valence-electron chi connectivity index (χ0n) is 17.6. The minimum atomic E-state index is -0.845. The van der Waals surface area contributed by atoms with Crippen LogP contribution in [-0.2, 0) is 29.7 Å². The van der Waals surface area contributed by atoms with Gasteiger partial charge in [0, 0.05) is 0 Å². The normalized spacial score (nSPS) is 17.5. The van der Waals surface area contributed by atoms with Gasteiger partial charge in [0.05, 0.1) is 0 Å². The molecule has 0 saturated heterocycles. The van der Waals surface area contributed by atoms with E-state index in [0.717, 1.165) is 6.42 Å². The number of allylic oxidation sites excluding steroid dienone is 5. The standard InChI is InChI=1S/C14H11.C11H17.2ClH.Zr/c1-10-8-12-7-6-11-4-2-3-5-13(11)14(12)9-10;1-6-11-9(4)7(2)8(3)10(11)5;;;/h2-7H,8H2,1H3;6H2,1-5H3;2*1H;/q;;;;+2/p-2. The molecule has 146 valence electrons. The van der Waals surface area contributed by atoms with Gasteiger partial charge in [-0.2, -0.15) is 0 Å². The van der Waals surface area contributed by atoms with Crippen LogP contribution in [0.1, 0.15) is 59.1 Å². The molecule has 0 unspecified atom stereocenters. The summed E-state index contributed by atoms with van der Waals surface area (Å²) in [6, 6.07) is 13.7. The Kier molecular flexibility index (Phi) is 7.29. The van der Waals surface area contributed by atoms with Crippen LogP contribution in [0, 0.1) is 0 Å². The van der Waals surface area contributed by atoms with Gasteiger partial charge in [-0.3, -0.25) is 0 Å². The third-order valence-electron chi connectivity index (χ3n) is 6.98. The number of benzene rings is 2. The van der Waals surface area contributed by atoms with Crippen molar-refractivity contribution in [1.29, 1.82) is 0 Å². The Hall–Kier alpha value is -0.617. The van der Waals surface area contributed by atoms with Crippen LogP contribution in [0.15, 0.2) is 64.3 Å². The number of fused-ring (bicyclic) bond motifs is 3. The molecule has 0 amide bonds. The Balaban J connectivity index is 0.00000140. The number of halogens is 2. The van der Waals surface area contributed by atoms with E-state index in [9.17, 15) is 0 Å². The minimum Gasteiger partial charge on any atom is -1.00 e. The van der Waals surface area contributed by atoms with Gasteiger partial charge in [0.2, 0.25) is 0 Å². The second-order valence-corrected chi connectivity index (χ2v) is 12.0. The quantitative estimate of drug-likeness (QED) is 0.612. The number of hydrogen-bond donors (Lipinski definition) is 0. The first-order valence-electron chi connectivity index (χ1n) is 9.76. The fraction of sp³-hybridized carbons (Fsp3) is 0.360.